The molecule has 0 aromatic carbocycles. The third-order valence-electron chi connectivity index (χ3n) is 3.91. The summed E-state index contributed by atoms with van der Waals surface area (Å²) in [5.74, 6) is 0.532. The number of anilines is 1. The van der Waals surface area contributed by atoms with E-state index in [0.717, 1.165) is 58.8 Å². The van der Waals surface area contributed by atoms with Crippen molar-refractivity contribution in [1.82, 2.24) is 19.8 Å². The quantitative estimate of drug-likeness (QED) is 0.773. The summed E-state index contributed by atoms with van der Waals surface area (Å²) in [4.78, 5) is 24.7. The first-order valence-corrected chi connectivity index (χ1v) is 8.32. The first-order valence-electron chi connectivity index (χ1n) is 8.32. The van der Waals surface area contributed by atoms with Gasteiger partial charge < -0.3 is 15.0 Å². The number of nitrogens with one attached hydrogen (secondary N) is 1. The number of hydrogen-bond acceptors (Lipinski definition) is 6. The lowest BCUT2D eigenvalue weighted by atomic mass is 10.2. The van der Waals surface area contributed by atoms with Crippen molar-refractivity contribution in [2.24, 2.45) is 0 Å². The fraction of sp³-hybridized carbons (Fsp3) is 0.688. The highest BCUT2D eigenvalue weighted by atomic mass is 16.5. The highest BCUT2D eigenvalue weighted by Crippen LogP contribution is 2.05. The van der Waals surface area contributed by atoms with E-state index in [9.17, 15) is 4.79 Å². The largest absolute Gasteiger partial charge is 0.379 e. The van der Waals surface area contributed by atoms with Crippen LogP contribution in [0.2, 0.25) is 0 Å². The number of amides is 1. The maximum atomic E-state index is 12.2. The van der Waals surface area contributed by atoms with Crippen LogP contribution in [0.5, 0.6) is 0 Å². The molecule has 0 atom stereocenters. The van der Waals surface area contributed by atoms with Gasteiger partial charge in [0.15, 0.2) is 0 Å². The van der Waals surface area contributed by atoms with Crippen LogP contribution >= 0.6 is 0 Å². The number of aromatic nitrogens is 2. The van der Waals surface area contributed by atoms with Crippen LogP contribution in [0.25, 0.3) is 0 Å². The van der Waals surface area contributed by atoms with E-state index in [0.29, 0.717) is 11.5 Å². The number of carbonyl (C=O) groups is 1. The topological polar surface area (TPSA) is 70.6 Å². The molecule has 1 aliphatic heterocycles. The van der Waals surface area contributed by atoms with Gasteiger partial charge in [-0.05, 0) is 6.42 Å². The fourth-order valence-electron chi connectivity index (χ4n) is 2.40. The SMILES string of the molecule is CCCCN(C)C(=O)c1cnc(NCCN2CCOCC2)nc1. The molecule has 0 bridgehead atoms. The van der Waals surface area contributed by atoms with Crippen LogP contribution in [0.4, 0.5) is 5.95 Å². The number of rotatable bonds is 8. The number of ether oxygens (including phenoxy) is 1. The Hall–Kier alpha value is -1.73. The number of carbonyl (C=O) groups excluding carboxylic acids is 1. The second-order valence-corrected chi connectivity index (χ2v) is 5.76. The molecule has 1 aromatic heterocycles. The second kappa shape index (κ2) is 9.42. The van der Waals surface area contributed by atoms with Crippen molar-refractivity contribution in [2.75, 3.05) is 58.3 Å². The maximum absolute atomic E-state index is 12.2. The molecule has 7 nitrogen and oxygen atoms in total. The summed E-state index contributed by atoms with van der Waals surface area (Å²) in [6.45, 7) is 8.14. The Morgan fingerprint density at radius 2 is 2.04 bits per heavy atom. The van der Waals surface area contributed by atoms with E-state index in [4.69, 9.17) is 4.74 Å². The number of hydrogen-bond donors (Lipinski definition) is 1. The Labute approximate surface area is 138 Å². The zero-order valence-corrected chi connectivity index (χ0v) is 14.1. The van der Waals surface area contributed by atoms with Crippen molar-refractivity contribution in [3.05, 3.63) is 18.0 Å². The van der Waals surface area contributed by atoms with Crippen molar-refractivity contribution in [1.29, 1.82) is 0 Å². The first-order chi connectivity index (χ1) is 11.2. The van der Waals surface area contributed by atoms with Gasteiger partial charge in [0.25, 0.3) is 5.91 Å². The molecule has 1 aromatic rings. The highest BCUT2D eigenvalue weighted by Gasteiger charge is 2.13. The van der Waals surface area contributed by atoms with E-state index < -0.39 is 0 Å². The lowest BCUT2D eigenvalue weighted by Gasteiger charge is -2.26. The highest BCUT2D eigenvalue weighted by molar-refractivity contribution is 5.93. The summed E-state index contributed by atoms with van der Waals surface area (Å²) >= 11 is 0. The van der Waals surface area contributed by atoms with Gasteiger partial charge in [-0.1, -0.05) is 13.3 Å². The minimum atomic E-state index is -0.0293. The molecule has 0 saturated carbocycles. The molecule has 0 radical (unpaired) electrons. The second-order valence-electron chi connectivity index (χ2n) is 5.76. The van der Waals surface area contributed by atoms with E-state index in [-0.39, 0.29) is 5.91 Å². The molecule has 2 rings (SSSR count). The lowest BCUT2D eigenvalue weighted by Crippen LogP contribution is -2.39. The van der Waals surface area contributed by atoms with E-state index in [2.05, 4.69) is 27.1 Å². The normalized spacial score (nSPS) is 15.4. The van der Waals surface area contributed by atoms with Crippen LogP contribution in [-0.4, -0.2) is 78.7 Å². The predicted octanol–water partition coefficient (Wildman–Crippen LogP) is 1.09. The van der Waals surface area contributed by atoms with Gasteiger partial charge in [0.2, 0.25) is 5.95 Å². The standard InChI is InChI=1S/C16H27N5O2/c1-3-4-6-20(2)15(22)14-12-18-16(19-13-14)17-5-7-21-8-10-23-11-9-21/h12-13H,3-11H2,1-2H3,(H,17,18,19). The van der Waals surface area contributed by atoms with Crippen LogP contribution in [0.15, 0.2) is 12.4 Å². The lowest BCUT2D eigenvalue weighted by molar-refractivity contribution is 0.0398. The average Bonchev–Trinajstić information content (AvgIpc) is 2.60. The Morgan fingerprint density at radius 1 is 1.35 bits per heavy atom. The molecule has 23 heavy (non-hydrogen) atoms. The van der Waals surface area contributed by atoms with Crippen LogP contribution in [0, 0.1) is 0 Å². The summed E-state index contributed by atoms with van der Waals surface area (Å²) in [5, 5.41) is 3.19. The Kier molecular flexibility index (Phi) is 7.22. The van der Waals surface area contributed by atoms with Crippen molar-refractivity contribution in [2.45, 2.75) is 19.8 Å². The number of unbranched alkanes of at least 4 members (excludes halogenated alkanes) is 1. The molecule has 2 heterocycles. The molecule has 1 amide bonds. The summed E-state index contributed by atoms with van der Waals surface area (Å²) in [6, 6.07) is 0. The molecular weight excluding hydrogens is 294 g/mol. The molecule has 1 saturated heterocycles. The number of nitrogens with zero attached hydrogens (tertiary/aromatic N) is 4. The molecule has 1 aliphatic rings. The fourth-order valence-corrected chi connectivity index (χ4v) is 2.40. The molecule has 0 aliphatic carbocycles. The van der Waals surface area contributed by atoms with E-state index in [1.165, 1.54) is 0 Å². The van der Waals surface area contributed by atoms with Crippen molar-refractivity contribution < 1.29 is 9.53 Å². The minimum Gasteiger partial charge on any atom is -0.379 e. The average molecular weight is 321 g/mol. The summed E-state index contributed by atoms with van der Waals surface area (Å²) in [6.07, 6.45) is 5.26. The first kappa shape index (κ1) is 17.6. The van der Waals surface area contributed by atoms with E-state index in [1.807, 2.05) is 7.05 Å². The van der Waals surface area contributed by atoms with Gasteiger partial charge in [-0.3, -0.25) is 9.69 Å². The molecule has 128 valence electrons. The summed E-state index contributed by atoms with van der Waals surface area (Å²) < 4.78 is 5.32. The maximum Gasteiger partial charge on any atom is 0.256 e. The van der Waals surface area contributed by atoms with Crippen molar-refractivity contribution >= 4 is 11.9 Å². The van der Waals surface area contributed by atoms with Gasteiger partial charge in [0.1, 0.15) is 0 Å². The van der Waals surface area contributed by atoms with Crippen LogP contribution in [0.3, 0.4) is 0 Å². The van der Waals surface area contributed by atoms with Crippen LogP contribution in [-0.2, 0) is 4.74 Å². The van der Waals surface area contributed by atoms with Crippen LogP contribution < -0.4 is 5.32 Å². The Balaban J connectivity index is 1.76. The summed E-state index contributed by atoms with van der Waals surface area (Å²) in [5.41, 5.74) is 0.530. The van der Waals surface area contributed by atoms with Gasteiger partial charge >= 0.3 is 0 Å². The van der Waals surface area contributed by atoms with Crippen molar-refractivity contribution in [3.8, 4) is 0 Å². The Morgan fingerprint density at radius 3 is 2.70 bits per heavy atom. The molecule has 0 unspecified atom stereocenters. The third-order valence-corrected chi connectivity index (χ3v) is 3.91. The molecule has 1 N–H and O–H groups in total. The summed E-state index contributed by atoms with van der Waals surface area (Å²) in [7, 11) is 1.81. The zero-order chi connectivity index (χ0) is 16.5. The van der Waals surface area contributed by atoms with E-state index >= 15 is 0 Å². The van der Waals surface area contributed by atoms with Crippen LogP contribution in [0.1, 0.15) is 30.1 Å². The van der Waals surface area contributed by atoms with E-state index in [1.54, 1.807) is 17.3 Å². The van der Waals surface area contributed by atoms with Crippen molar-refractivity contribution in [3.63, 3.8) is 0 Å². The van der Waals surface area contributed by atoms with Gasteiger partial charge in [-0.25, -0.2) is 9.97 Å². The minimum absolute atomic E-state index is 0.0293. The third kappa shape index (κ3) is 5.76. The van der Waals surface area contributed by atoms with Gasteiger partial charge in [0, 0.05) is 52.2 Å². The molecule has 0 spiro atoms. The molecule has 1 fully saturated rings. The Bertz CT molecular complexity index is 474. The smallest absolute Gasteiger partial charge is 0.256 e. The monoisotopic (exact) mass is 321 g/mol. The van der Waals surface area contributed by atoms with Gasteiger partial charge in [-0.2, -0.15) is 0 Å². The predicted molar refractivity (Wildman–Crippen MR) is 89.6 cm³/mol. The molecular formula is C16H27N5O2. The van der Waals surface area contributed by atoms with Gasteiger partial charge in [-0.15, -0.1) is 0 Å². The zero-order valence-electron chi connectivity index (χ0n) is 14.1. The molecule has 7 heteroatoms. The number of morpholine rings is 1. The van der Waals surface area contributed by atoms with Gasteiger partial charge in [0.05, 0.1) is 18.8 Å².